The van der Waals surface area contributed by atoms with E-state index in [0.29, 0.717) is 11.4 Å². The van der Waals surface area contributed by atoms with E-state index in [4.69, 9.17) is 0 Å². The maximum atomic E-state index is 11.0. The molecular formula is C16H15N3O2. The average Bonchev–Trinajstić information content (AvgIpc) is 2.52. The Labute approximate surface area is 122 Å². The highest BCUT2D eigenvalue weighted by molar-refractivity contribution is 5.75. The number of rotatable bonds is 4. The SMILES string of the molecule is CC(=O)N=N/C(=C\N(O)c1ccccc1)c1ccccc1. The third-order valence-electron chi connectivity index (χ3n) is 2.63. The standard InChI is InChI=1S/C16H15N3O2/c1-13(20)17-18-16(14-8-4-2-5-9-14)12-19(21)15-10-6-3-7-11-15/h2-12,21H,1H3/b16-12-,18-17?. The molecule has 0 bridgehead atoms. The Morgan fingerprint density at radius 1 is 1.00 bits per heavy atom. The summed E-state index contributed by atoms with van der Waals surface area (Å²) in [7, 11) is 0. The summed E-state index contributed by atoms with van der Waals surface area (Å²) in [6.07, 6.45) is 1.41. The number of hydrogen-bond donors (Lipinski definition) is 1. The first kappa shape index (κ1) is 14.6. The minimum absolute atomic E-state index is 0.386. The molecule has 0 aliphatic rings. The number of nitrogens with zero attached hydrogens (tertiary/aromatic N) is 3. The van der Waals surface area contributed by atoms with Crippen LogP contribution in [0.5, 0.6) is 0 Å². The molecule has 0 spiro atoms. The Kier molecular flexibility index (Phi) is 4.95. The van der Waals surface area contributed by atoms with Crippen molar-refractivity contribution in [3.8, 4) is 0 Å². The van der Waals surface area contributed by atoms with Crippen LogP contribution in [0.15, 0.2) is 77.1 Å². The second-order valence-electron chi connectivity index (χ2n) is 4.28. The number of benzene rings is 2. The molecule has 21 heavy (non-hydrogen) atoms. The Morgan fingerprint density at radius 2 is 1.57 bits per heavy atom. The molecule has 0 aliphatic carbocycles. The molecule has 0 unspecified atom stereocenters. The lowest BCUT2D eigenvalue weighted by Crippen LogP contribution is -2.09. The van der Waals surface area contributed by atoms with Crippen LogP contribution in [-0.2, 0) is 4.79 Å². The van der Waals surface area contributed by atoms with Crippen molar-refractivity contribution in [1.82, 2.24) is 0 Å². The average molecular weight is 281 g/mol. The van der Waals surface area contributed by atoms with Crippen LogP contribution in [0.2, 0.25) is 0 Å². The molecule has 0 atom stereocenters. The van der Waals surface area contributed by atoms with E-state index in [-0.39, 0.29) is 0 Å². The van der Waals surface area contributed by atoms with Crippen LogP contribution in [0.25, 0.3) is 5.70 Å². The lowest BCUT2D eigenvalue weighted by Gasteiger charge is -2.12. The van der Waals surface area contributed by atoms with E-state index < -0.39 is 5.91 Å². The molecule has 2 aromatic carbocycles. The summed E-state index contributed by atoms with van der Waals surface area (Å²) in [4.78, 5) is 11.0. The zero-order chi connectivity index (χ0) is 15.1. The van der Waals surface area contributed by atoms with E-state index in [1.807, 2.05) is 48.5 Å². The van der Waals surface area contributed by atoms with Crippen molar-refractivity contribution in [3.63, 3.8) is 0 Å². The summed E-state index contributed by atoms with van der Waals surface area (Å²) in [6, 6.07) is 18.2. The van der Waals surface area contributed by atoms with Gasteiger partial charge in [-0.15, -0.1) is 10.2 Å². The van der Waals surface area contributed by atoms with Crippen LogP contribution in [-0.4, -0.2) is 11.1 Å². The second-order valence-corrected chi connectivity index (χ2v) is 4.28. The third kappa shape index (κ3) is 4.36. The van der Waals surface area contributed by atoms with Gasteiger partial charge >= 0.3 is 0 Å². The van der Waals surface area contributed by atoms with Gasteiger partial charge in [-0.3, -0.25) is 10.0 Å². The van der Waals surface area contributed by atoms with Gasteiger partial charge in [0.2, 0.25) is 0 Å². The van der Waals surface area contributed by atoms with Gasteiger partial charge in [0, 0.05) is 12.5 Å². The van der Waals surface area contributed by atoms with Crippen molar-refractivity contribution in [3.05, 3.63) is 72.4 Å². The van der Waals surface area contributed by atoms with Gasteiger partial charge in [-0.2, -0.15) is 0 Å². The van der Waals surface area contributed by atoms with Crippen molar-refractivity contribution in [2.45, 2.75) is 6.92 Å². The van der Waals surface area contributed by atoms with Gasteiger partial charge in [-0.05, 0) is 12.1 Å². The minimum Gasteiger partial charge on any atom is -0.284 e. The normalized spacial score (nSPS) is 11.6. The van der Waals surface area contributed by atoms with Gasteiger partial charge in [0.15, 0.2) is 0 Å². The van der Waals surface area contributed by atoms with Crippen molar-refractivity contribution < 1.29 is 10.0 Å². The van der Waals surface area contributed by atoms with E-state index in [0.717, 1.165) is 10.6 Å². The Morgan fingerprint density at radius 3 is 2.14 bits per heavy atom. The van der Waals surface area contributed by atoms with Crippen LogP contribution in [0.1, 0.15) is 12.5 Å². The Bertz CT molecular complexity index is 652. The topological polar surface area (TPSA) is 65.3 Å². The molecule has 5 heteroatoms. The first-order valence-electron chi connectivity index (χ1n) is 6.39. The largest absolute Gasteiger partial charge is 0.284 e. The zero-order valence-corrected chi connectivity index (χ0v) is 11.5. The van der Waals surface area contributed by atoms with Crippen LogP contribution < -0.4 is 5.06 Å². The summed E-state index contributed by atoms with van der Waals surface area (Å²) in [5.74, 6) is -0.402. The Hall–Kier alpha value is -2.79. The Balaban J connectivity index is 2.35. The highest BCUT2D eigenvalue weighted by Crippen LogP contribution is 2.19. The van der Waals surface area contributed by atoms with E-state index in [2.05, 4.69) is 10.2 Å². The van der Waals surface area contributed by atoms with Crippen molar-refractivity contribution in [1.29, 1.82) is 0 Å². The van der Waals surface area contributed by atoms with Crippen molar-refractivity contribution in [2.75, 3.05) is 5.06 Å². The van der Waals surface area contributed by atoms with Crippen molar-refractivity contribution in [2.24, 2.45) is 10.2 Å². The highest BCUT2D eigenvalue weighted by atomic mass is 16.5. The van der Waals surface area contributed by atoms with Crippen LogP contribution in [0.3, 0.4) is 0 Å². The summed E-state index contributed by atoms with van der Waals surface area (Å²) < 4.78 is 0. The number of hydrogen-bond acceptors (Lipinski definition) is 4. The molecule has 2 aromatic rings. The summed E-state index contributed by atoms with van der Waals surface area (Å²) in [5, 5.41) is 18.5. The molecule has 0 saturated carbocycles. The van der Waals surface area contributed by atoms with Crippen LogP contribution >= 0.6 is 0 Å². The smallest absolute Gasteiger partial charge is 0.261 e. The molecule has 1 amide bonds. The van der Waals surface area contributed by atoms with E-state index >= 15 is 0 Å². The van der Waals surface area contributed by atoms with Gasteiger partial charge in [-0.1, -0.05) is 48.5 Å². The number of anilines is 1. The van der Waals surface area contributed by atoms with Gasteiger partial charge in [0.25, 0.3) is 5.91 Å². The third-order valence-corrected chi connectivity index (χ3v) is 2.63. The van der Waals surface area contributed by atoms with E-state index in [1.54, 1.807) is 12.1 Å². The van der Waals surface area contributed by atoms with Crippen LogP contribution in [0.4, 0.5) is 5.69 Å². The zero-order valence-electron chi connectivity index (χ0n) is 11.5. The quantitative estimate of drug-likeness (QED) is 0.683. The monoisotopic (exact) mass is 281 g/mol. The molecule has 5 nitrogen and oxygen atoms in total. The highest BCUT2D eigenvalue weighted by Gasteiger charge is 2.05. The lowest BCUT2D eigenvalue weighted by molar-refractivity contribution is -0.116. The molecule has 0 radical (unpaired) electrons. The molecule has 0 fully saturated rings. The lowest BCUT2D eigenvalue weighted by atomic mass is 10.2. The second kappa shape index (κ2) is 7.12. The summed E-state index contributed by atoms with van der Waals surface area (Å²) in [6.45, 7) is 1.32. The fourth-order valence-corrected chi connectivity index (χ4v) is 1.66. The van der Waals surface area contributed by atoms with Gasteiger partial charge < -0.3 is 0 Å². The predicted molar refractivity (Wildman–Crippen MR) is 80.7 cm³/mol. The molecule has 0 aliphatic heterocycles. The summed E-state index contributed by atoms with van der Waals surface area (Å²) in [5.41, 5.74) is 1.72. The summed E-state index contributed by atoms with van der Waals surface area (Å²) >= 11 is 0. The first-order valence-corrected chi connectivity index (χ1v) is 6.39. The number of azo groups is 1. The molecule has 0 heterocycles. The molecule has 2 rings (SSSR count). The molecule has 0 aromatic heterocycles. The molecule has 106 valence electrons. The maximum Gasteiger partial charge on any atom is 0.261 e. The van der Waals surface area contributed by atoms with E-state index in [9.17, 15) is 10.0 Å². The number of amides is 1. The van der Waals surface area contributed by atoms with Crippen LogP contribution in [0, 0.1) is 0 Å². The van der Waals surface area contributed by atoms with Gasteiger partial charge in [0.1, 0.15) is 5.70 Å². The molecule has 1 N–H and O–H groups in total. The minimum atomic E-state index is -0.402. The molecule has 0 saturated heterocycles. The van der Waals surface area contributed by atoms with Gasteiger partial charge in [-0.25, -0.2) is 5.06 Å². The maximum absolute atomic E-state index is 11.0. The number of para-hydroxylation sites is 1. The molecular weight excluding hydrogens is 266 g/mol. The first-order chi connectivity index (χ1) is 10.2. The fraction of sp³-hybridized carbons (Fsp3) is 0.0625. The number of carbonyl (C=O) groups is 1. The predicted octanol–water partition coefficient (Wildman–Crippen LogP) is 3.88. The fourth-order valence-electron chi connectivity index (χ4n) is 1.66. The van der Waals surface area contributed by atoms with Crippen molar-refractivity contribution >= 4 is 17.3 Å². The number of carbonyl (C=O) groups excluding carboxylic acids is 1. The van der Waals surface area contributed by atoms with Gasteiger partial charge in [0.05, 0.1) is 11.9 Å². The number of hydroxylamine groups is 1. The van der Waals surface area contributed by atoms with E-state index in [1.165, 1.54) is 13.1 Å².